The van der Waals surface area contributed by atoms with Crippen molar-refractivity contribution >= 4 is 17.5 Å². The first-order chi connectivity index (χ1) is 8.60. The number of nitrogens with one attached hydrogen (secondary N) is 1. The molecule has 1 aromatic rings. The molecule has 0 spiro atoms. The highest BCUT2D eigenvalue weighted by Crippen LogP contribution is 2.26. The molecule has 2 rings (SSSR count). The van der Waals surface area contributed by atoms with Gasteiger partial charge >= 0.3 is 0 Å². The van der Waals surface area contributed by atoms with Crippen LogP contribution in [0.15, 0.2) is 18.2 Å². The minimum Gasteiger partial charge on any atom is -0.496 e. The number of hydrogen-bond donors (Lipinski definition) is 2. The average Bonchev–Trinajstić information content (AvgIpc) is 2.32. The predicted octanol–water partition coefficient (Wildman–Crippen LogP) is 1.70. The van der Waals surface area contributed by atoms with E-state index in [0.717, 1.165) is 24.2 Å². The van der Waals surface area contributed by atoms with E-state index >= 15 is 0 Å². The molecule has 0 radical (unpaired) electrons. The number of rotatable bonds is 4. The lowest BCUT2D eigenvalue weighted by Gasteiger charge is -2.31. The smallest absolute Gasteiger partial charge is 0.223 e. The summed E-state index contributed by atoms with van der Waals surface area (Å²) in [5.41, 5.74) is 6.54. The van der Waals surface area contributed by atoms with Gasteiger partial charge in [0.25, 0.3) is 0 Å². The summed E-state index contributed by atoms with van der Waals surface area (Å²) in [6.45, 7) is 0.425. The van der Waals surface area contributed by atoms with Gasteiger partial charge in [-0.05, 0) is 31.0 Å². The number of amides is 1. The van der Waals surface area contributed by atoms with Gasteiger partial charge in [0.05, 0.1) is 7.11 Å². The Morgan fingerprint density at radius 1 is 1.56 bits per heavy atom. The first-order valence-electron chi connectivity index (χ1n) is 5.96. The van der Waals surface area contributed by atoms with E-state index < -0.39 is 0 Å². The highest BCUT2D eigenvalue weighted by Gasteiger charge is 2.31. The highest BCUT2D eigenvalue weighted by atomic mass is 35.5. The van der Waals surface area contributed by atoms with Gasteiger partial charge in [-0.15, -0.1) is 0 Å². The van der Waals surface area contributed by atoms with Gasteiger partial charge in [0.2, 0.25) is 5.91 Å². The molecule has 1 aromatic carbocycles. The number of methoxy groups -OCH3 is 1. The number of carbonyl (C=O) groups excluding carboxylic acids is 1. The summed E-state index contributed by atoms with van der Waals surface area (Å²) in [4.78, 5) is 11.8. The normalized spacial score (nSPS) is 22.2. The topological polar surface area (TPSA) is 64.3 Å². The molecule has 5 heteroatoms. The van der Waals surface area contributed by atoms with Crippen LogP contribution in [-0.2, 0) is 11.3 Å². The molecule has 0 saturated heterocycles. The van der Waals surface area contributed by atoms with Crippen LogP contribution in [0.1, 0.15) is 18.4 Å². The van der Waals surface area contributed by atoms with E-state index in [1.807, 2.05) is 0 Å². The first kappa shape index (κ1) is 13.2. The van der Waals surface area contributed by atoms with Gasteiger partial charge in [-0.2, -0.15) is 0 Å². The Labute approximate surface area is 111 Å². The van der Waals surface area contributed by atoms with Crippen LogP contribution in [-0.4, -0.2) is 19.1 Å². The molecule has 0 heterocycles. The molecule has 4 nitrogen and oxygen atoms in total. The second-order valence-electron chi connectivity index (χ2n) is 4.60. The van der Waals surface area contributed by atoms with Crippen molar-refractivity contribution in [1.82, 2.24) is 5.32 Å². The van der Waals surface area contributed by atoms with Crippen molar-refractivity contribution in [2.45, 2.75) is 25.4 Å². The molecular weight excluding hydrogens is 252 g/mol. The van der Waals surface area contributed by atoms with Crippen LogP contribution in [0, 0.1) is 5.92 Å². The third kappa shape index (κ3) is 2.94. The summed E-state index contributed by atoms with van der Waals surface area (Å²) in [6.07, 6.45) is 1.55. The summed E-state index contributed by atoms with van der Waals surface area (Å²) >= 11 is 5.92. The fourth-order valence-corrected chi connectivity index (χ4v) is 2.28. The maximum Gasteiger partial charge on any atom is 0.223 e. The SMILES string of the molecule is COc1ccc(Cl)cc1CNC(=O)C1CC(N)C1. The standard InChI is InChI=1S/C13H17ClN2O2/c1-18-12-3-2-10(14)4-9(12)7-16-13(17)8-5-11(15)6-8/h2-4,8,11H,5-7,15H2,1H3,(H,16,17). The second kappa shape index (κ2) is 5.59. The average molecular weight is 269 g/mol. The summed E-state index contributed by atoms with van der Waals surface area (Å²) in [5.74, 6) is 0.842. The Hall–Kier alpha value is -1.26. The number of hydrogen-bond acceptors (Lipinski definition) is 3. The largest absolute Gasteiger partial charge is 0.496 e. The lowest BCUT2D eigenvalue weighted by Crippen LogP contribution is -2.44. The van der Waals surface area contributed by atoms with Crippen molar-refractivity contribution in [1.29, 1.82) is 0 Å². The molecule has 3 N–H and O–H groups in total. The molecule has 0 unspecified atom stereocenters. The molecule has 18 heavy (non-hydrogen) atoms. The van der Waals surface area contributed by atoms with Crippen LogP contribution in [0.25, 0.3) is 0 Å². The number of benzene rings is 1. The zero-order valence-electron chi connectivity index (χ0n) is 10.3. The Balaban J connectivity index is 1.93. The molecular formula is C13H17ClN2O2. The van der Waals surface area contributed by atoms with Crippen LogP contribution >= 0.6 is 11.6 Å². The minimum absolute atomic E-state index is 0.0544. The Morgan fingerprint density at radius 2 is 2.28 bits per heavy atom. The first-order valence-corrected chi connectivity index (χ1v) is 6.33. The molecule has 0 aliphatic heterocycles. The fourth-order valence-electron chi connectivity index (χ4n) is 2.09. The third-order valence-electron chi connectivity index (χ3n) is 3.24. The van der Waals surface area contributed by atoms with Crippen molar-refractivity contribution in [3.8, 4) is 5.75 Å². The zero-order valence-corrected chi connectivity index (χ0v) is 11.0. The lowest BCUT2D eigenvalue weighted by molar-refractivity contribution is -0.128. The monoisotopic (exact) mass is 268 g/mol. The molecule has 0 bridgehead atoms. The number of halogens is 1. The van der Waals surface area contributed by atoms with Gasteiger partial charge in [0.15, 0.2) is 0 Å². The van der Waals surface area contributed by atoms with E-state index in [1.165, 1.54) is 0 Å². The van der Waals surface area contributed by atoms with Crippen molar-refractivity contribution in [3.63, 3.8) is 0 Å². The van der Waals surface area contributed by atoms with Crippen LogP contribution in [0.3, 0.4) is 0 Å². The Bertz CT molecular complexity index is 445. The van der Waals surface area contributed by atoms with E-state index in [0.29, 0.717) is 11.6 Å². The maximum atomic E-state index is 11.8. The predicted molar refractivity (Wildman–Crippen MR) is 70.6 cm³/mol. The van der Waals surface area contributed by atoms with E-state index in [4.69, 9.17) is 22.1 Å². The van der Waals surface area contributed by atoms with Gasteiger partial charge < -0.3 is 15.8 Å². The number of carbonyl (C=O) groups is 1. The maximum absolute atomic E-state index is 11.8. The zero-order chi connectivity index (χ0) is 13.1. The van der Waals surface area contributed by atoms with E-state index in [-0.39, 0.29) is 17.9 Å². The molecule has 98 valence electrons. The van der Waals surface area contributed by atoms with Crippen molar-refractivity contribution in [3.05, 3.63) is 28.8 Å². The minimum atomic E-state index is 0.0544. The van der Waals surface area contributed by atoms with E-state index in [1.54, 1.807) is 25.3 Å². The second-order valence-corrected chi connectivity index (χ2v) is 5.04. The van der Waals surface area contributed by atoms with Gasteiger partial charge in [-0.3, -0.25) is 4.79 Å². The van der Waals surface area contributed by atoms with Crippen LogP contribution in [0.2, 0.25) is 5.02 Å². The Morgan fingerprint density at radius 3 is 2.89 bits per heavy atom. The van der Waals surface area contributed by atoms with Crippen LogP contribution in [0.5, 0.6) is 5.75 Å². The summed E-state index contributed by atoms with van der Waals surface area (Å²) in [5, 5.41) is 3.52. The third-order valence-corrected chi connectivity index (χ3v) is 3.48. The van der Waals surface area contributed by atoms with Crippen molar-refractivity contribution in [2.75, 3.05) is 7.11 Å². The Kier molecular flexibility index (Phi) is 4.09. The van der Waals surface area contributed by atoms with Crippen LogP contribution in [0.4, 0.5) is 0 Å². The fraction of sp³-hybridized carbons (Fsp3) is 0.462. The van der Waals surface area contributed by atoms with Crippen molar-refractivity contribution in [2.24, 2.45) is 11.7 Å². The molecule has 0 atom stereocenters. The summed E-state index contributed by atoms with van der Waals surface area (Å²) in [6, 6.07) is 5.54. The van der Waals surface area contributed by atoms with Crippen LogP contribution < -0.4 is 15.8 Å². The molecule has 1 fully saturated rings. The molecule has 1 amide bonds. The van der Waals surface area contributed by atoms with Gasteiger partial charge in [0, 0.05) is 29.1 Å². The quantitative estimate of drug-likeness (QED) is 0.874. The van der Waals surface area contributed by atoms with E-state index in [2.05, 4.69) is 5.32 Å². The van der Waals surface area contributed by atoms with E-state index in [9.17, 15) is 4.79 Å². The lowest BCUT2D eigenvalue weighted by atomic mass is 9.80. The van der Waals surface area contributed by atoms with Gasteiger partial charge in [0.1, 0.15) is 5.75 Å². The summed E-state index contributed by atoms with van der Waals surface area (Å²) in [7, 11) is 1.60. The molecule has 0 aromatic heterocycles. The molecule has 1 aliphatic rings. The molecule has 1 aliphatic carbocycles. The molecule has 1 saturated carbocycles. The van der Waals surface area contributed by atoms with Crippen molar-refractivity contribution < 1.29 is 9.53 Å². The highest BCUT2D eigenvalue weighted by molar-refractivity contribution is 6.30. The van der Waals surface area contributed by atoms with Gasteiger partial charge in [-0.25, -0.2) is 0 Å². The van der Waals surface area contributed by atoms with Gasteiger partial charge in [-0.1, -0.05) is 11.6 Å². The number of ether oxygens (including phenoxy) is 1. The summed E-state index contributed by atoms with van der Waals surface area (Å²) < 4.78 is 5.22. The number of nitrogens with two attached hydrogens (primary N) is 1.